The van der Waals surface area contributed by atoms with Gasteiger partial charge < -0.3 is 9.80 Å². The number of hydrogen-bond donors (Lipinski definition) is 2. The molecule has 0 aliphatic carbocycles. The lowest BCUT2D eigenvalue weighted by Crippen LogP contribution is -3.27. The second kappa shape index (κ2) is 7.27. The molecule has 9 heteroatoms. The highest BCUT2D eigenvalue weighted by Gasteiger charge is 2.37. The number of halogens is 3. The van der Waals surface area contributed by atoms with E-state index in [2.05, 4.69) is 17.2 Å². The summed E-state index contributed by atoms with van der Waals surface area (Å²) in [4.78, 5) is 2.70. The van der Waals surface area contributed by atoms with Crippen LogP contribution in [0.25, 0.3) is 0 Å². The molecule has 2 heterocycles. The van der Waals surface area contributed by atoms with Gasteiger partial charge in [0.2, 0.25) is 10.6 Å². The van der Waals surface area contributed by atoms with Gasteiger partial charge in [0, 0.05) is 12.6 Å². The second-order valence-corrected chi connectivity index (χ2v) is 6.85. The van der Waals surface area contributed by atoms with Gasteiger partial charge in [0.15, 0.2) is 6.67 Å². The Balaban J connectivity index is 1.59. The molecule has 2 aromatic rings. The summed E-state index contributed by atoms with van der Waals surface area (Å²) in [7, 11) is 1.31. The van der Waals surface area contributed by atoms with E-state index in [-0.39, 0.29) is 4.77 Å². The van der Waals surface area contributed by atoms with Gasteiger partial charge in [0.1, 0.15) is 32.7 Å². The third kappa shape index (κ3) is 4.28. The molecule has 5 nitrogen and oxygen atoms in total. The number of quaternary nitrogens is 2. The van der Waals surface area contributed by atoms with Crippen LogP contribution in [-0.2, 0) is 26.4 Å². The van der Waals surface area contributed by atoms with E-state index in [1.165, 1.54) is 27.1 Å². The maximum absolute atomic E-state index is 12.9. The van der Waals surface area contributed by atoms with Gasteiger partial charge >= 0.3 is 6.18 Å². The zero-order chi connectivity index (χ0) is 18.0. The number of nitrogens with zero attached hydrogens (tertiary/aromatic N) is 3. The summed E-state index contributed by atoms with van der Waals surface area (Å²) in [6, 6.07) is 10.3. The summed E-state index contributed by atoms with van der Waals surface area (Å²) in [5, 5.41) is 3.68. The SMILES string of the molecule is Cn1c(C(F)(F)F)nn(C[NH+]2CC[NH+](Cc3ccccc3)CC2)c1=S. The van der Waals surface area contributed by atoms with Gasteiger partial charge in [-0.25, -0.2) is 0 Å². The van der Waals surface area contributed by atoms with Crippen LogP contribution in [0.2, 0.25) is 0 Å². The number of alkyl halides is 3. The van der Waals surface area contributed by atoms with Gasteiger partial charge in [-0.1, -0.05) is 30.3 Å². The van der Waals surface area contributed by atoms with Crippen LogP contribution in [0, 0.1) is 4.77 Å². The molecule has 1 saturated heterocycles. The van der Waals surface area contributed by atoms with E-state index in [4.69, 9.17) is 12.2 Å². The first-order chi connectivity index (χ1) is 11.8. The molecule has 2 N–H and O–H groups in total. The van der Waals surface area contributed by atoms with Crippen LogP contribution in [0.1, 0.15) is 11.4 Å². The van der Waals surface area contributed by atoms with E-state index in [1.54, 1.807) is 0 Å². The van der Waals surface area contributed by atoms with Crippen molar-refractivity contribution in [3.63, 3.8) is 0 Å². The van der Waals surface area contributed by atoms with Crippen molar-refractivity contribution in [2.45, 2.75) is 19.4 Å². The number of aromatic nitrogens is 3. The molecular weight excluding hydrogens is 351 g/mol. The first-order valence-electron chi connectivity index (χ1n) is 8.26. The molecule has 3 rings (SSSR count). The molecule has 1 aliphatic rings. The van der Waals surface area contributed by atoms with Crippen molar-refractivity contribution >= 4 is 12.2 Å². The lowest BCUT2D eigenvalue weighted by Gasteiger charge is -2.29. The molecule has 1 aromatic heterocycles. The van der Waals surface area contributed by atoms with Crippen LogP contribution >= 0.6 is 12.2 Å². The standard InChI is InChI=1S/C16H20F3N5S/c1-21-14(16(17,18)19)20-24(15(21)25)12-23-9-7-22(8-10-23)11-13-5-3-2-4-6-13/h2-6H,7-12H2,1H3/p+2. The molecule has 0 amide bonds. The summed E-state index contributed by atoms with van der Waals surface area (Å²) in [6.45, 7) is 5.10. The summed E-state index contributed by atoms with van der Waals surface area (Å²) in [5.41, 5.74) is 1.31. The Kier molecular flexibility index (Phi) is 5.26. The van der Waals surface area contributed by atoms with E-state index < -0.39 is 12.0 Å². The molecule has 0 saturated carbocycles. The fourth-order valence-electron chi connectivity index (χ4n) is 3.23. The molecule has 0 bridgehead atoms. The van der Waals surface area contributed by atoms with Gasteiger partial charge in [0.05, 0.1) is 0 Å². The Hall–Kier alpha value is -1.71. The lowest BCUT2D eigenvalue weighted by atomic mass is 10.2. The van der Waals surface area contributed by atoms with Crippen LogP contribution in [0.15, 0.2) is 30.3 Å². The molecule has 136 valence electrons. The van der Waals surface area contributed by atoms with Crippen molar-refractivity contribution in [1.29, 1.82) is 0 Å². The van der Waals surface area contributed by atoms with Crippen molar-refractivity contribution in [2.75, 3.05) is 26.2 Å². The van der Waals surface area contributed by atoms with Gasteiger partial charge in [-0.15, -0.1) is 5.10 Å². The first-order valence-corrected chi connectivity index (χ1v) is 8.67. The Morgan fingerprint density at radius 2 is 1.68 bits per heavy atom. The number of benzene rings is 1. The number of nitrogens with one attached hydrogen (secondary N) is 2. The molecule has 0 atom stereocenters. The predicted molar refractivity (Wildman–Crippen MR) is 88.6 cm³/mol. The number of piperazine rings is 1. The van der Waals surface area contributed by atoms with Crippen molar-refractivity contribution in [2.24, 2.45) is 7.05 Å². The minimum atomic E-state index is -4.48. The highest BCUT2D eigenvalue weighted by atomic mass is 32.1. The largest absolute Gasteiger partial charge is 0.451 e. The molecule has 1 aliphatic heterocycles. The monoisotopic (exact) mass is 373 g/mol. The summed E-state index contributed by atoms with van der Waals surface area (Å²) >= 11 is 5.11. The molecule has 0 radical (unpaired) electrons. The third-order valence-corrected chi connectivity index (χ3v) is 5.11. The normalized spacial score (nSPS) is 21.4. The third-order valence-electron chi connectivity index (χ3n) is 4.63. The average Bonchev–Trinajstić information content (AvgIpc) is 2.86. The van der Waals surface area contributed by atoms with E-state index in [0.717, 1.165) is 37.3 Å². The maximum Gasteiger partial charge on any atom is 0.451 e. The maximum atomic E-state index is 12.9. The molecular formula is C16H22F3N5S+2. The summed E-state index contributed by atoms with van der Waals surface area (Å²) in [6.07, 6.45) is -4.48. The van der Waals surface area contributed by atoms with Crippen molar-refractivity contribution in [1.82, 2.24) is 14.3 Å². The van der Waals surface area contributed by atoms with Crippen LogP contribution in [0.4, 0.5) is 13.2 Å². The first kappa shape index (κ1) is 18.1. The van der Waals surface area contributed by atoms with Crippen LogP contribution in [0.3, 0.4) is 0 Å². The van der Waals surface area contributed by atoms with Crippen molar-refractivity contribution in [3.8, 4) is 0 Å². The van der Waals surface area contributed by atoms with E-state index >= 15 is 0 Å². The summed E-state index contributed by atoms with van der Waals surface area (Å²) in [5.74, 6) is -0.940. The van der Waals surface area contributed by atoms with E-state index in [0.29, 0.717) is 6.67 Å². The second-order valence-electron chi connectivity index (χ2n) is 6.48. The molecule has 1 aromatic carbocycles. The van der Waals surface area contributed by atoms with Crippen molar-refractivity contribution < 1.29 is 23.0 Å². The minimum absolute atomic E-state index is 0.110. The fourth-order valence-corrected chi connectivity index (χ4v) is 3.42. The number of rotatable bonds is 4. The van der Waals surface area contributed by atoms with E-state index in [1.807, 2.05) is 18.2 Å². The summed E-state index contributed by atoms with van der Waals surface area (Å²) < 4.78 is 41.1. The Bertz CT molecular complexity index is 760. The van der Waals surface area contributed by atoms with Crippen LogP contribution in [0.5, 0.6) is 0 Å². The Morgan fingerprint density at radius 1 is 1.08 bits per heavy atom. The predicted octanol–water partition coefficient (Wildman–Crippen LogP) is -0.0890. The number of hydrogen-bond acceptors (Lipinski definition) is 2. The van der Waals surface area contributed by atoms with Crippen LogP contribution in [-0.4, -0.2) is 40.5 Å². The smallest absolute Gasteiger partial charge is 0.322 e. The van der Waals surface area contributed by atoms with E-state index in [9.17, 15) is 13.2 Å². The van der Waals surface area contributed by atoms with Gasteiger partial charge in [0.25, 0.3) is 0 Å². The Labute approximate surface area is 149 Å². The minimum Gasteiger partial charge on any atom is -0.322 e. The van der Waals surface area contributed by atoms with Gasteiger partial charge in [-0.3, -0.25) is 4.57 Å². The topological polar surface area (TPSA) is 31.6 Å². The van der Waals surface area contributed by atoms with Gasteiger partial charge in [-0.05, 0) is 12.2 Å². The fraction of sp³-hybridized carbons (Fsp3) is 0.500. The average molecular weight is 373 g/mol. The van der Waals surface area contributed by atoms with Crippen molar-refractivity contribution in [3.05, 3.63) is 46.5 Å². The quantitative estimate of drug-likeness (QED) is 0.735. The lowest BCUT2D eigenvalue weighted by molar-refractivity contribution is -1.03. The molecule has 1 fully saturated rings. The van der Waals surface area contributed by atoms with Gasteiger partial charge in [-0.2, -0.15) is 17.9 Å². The molecule has 0 unspecified atom stereocenters. The van der Waals surface area contributed by atoms with Crippen LogP contribution < -0.4 is 9.80 Å². The highest BCUT2D eigenvalue weighted by Crippen LogP contribution is 2.27. The highest BCUT2D eigenvalue weighted by molar-refractivity contribution is 7.71. The zero-order valence-corrected chi connectivity index (χ0v) is 14.8. The molecule has 25 heavy (non-hydrogen) atoms. The molecule has 0 spiro atoms. The zero-order valence-electron chi connectivity index (χ0n) is 14.0. The Morgan fingerprint density at radius 3 is 2.24 bits per heavy atom.